The standard InChI is InChI=1S/C27H33N7O/c1-33(20-8-9-20)27-23(29-21-6-2-3-7-22(21)30-27)10-11-24-31-25(28-19-12-16-35-17-13-19)18-26(32-24)34-14-4-5-15-34/h2-3,6-7,10-11,18-20H,4-5,8-9,12-17H2,1H3,(H,28,31,32). The van der Waals surface area contributed by atoms with E-state index in [1.807, 2.05) is 36.4 Å². The van der Waals surface area contributed by atoms with Crippen molar-refractivity contribution in [3.63, 3.8) is 0 Å². The van der Waals surface area contributed by atoms with E-state index in [1.165, 1.54) is 25.7 Å². The average molecular weight is 472 g/mol. The van der Waals surface area contributed by atoms with Gasteiger partial charge in [0.2, 0.25) is 0 Å². The molecule has 182 valence electrons. The smallest absolute Gasteiger partial charge is 0.156 e. The number of aromatic nitrogens is 4. The lowest BCUT2D eigenvalue weighted by molar-refractivity contribution is 0.0904. The Balaban J connectivity index is 1.34. The quantitative estimate of drug-likeness (QED) is 0.544. The van der Waals surface area contributed by atoms with Gasteiger partial charge in [0.05, 0.1) is 11.0 Å². The summed E-state index contributed by atoms with van der Waals surface area (Å²) in [5.41, 5.74) is 2.67. The highest BCUT2D eigenvalue weighted by atomic mass is 16.5. The highest BCUT2D eigenvalue weighted by Crippen LogP contribution is 2.32. The summed E-state index contributed by atoms with van der Waals surface area (Å²) in [5, 5.41) is 3.63. The van der Waals surface area contributed by atoms with Crippen LogP contribution in [0.15, 0.2) is 30.3 Å². The van der Waals surface area contributed by atoms with Crippen LogP contribution in [0.25, 0.3) is 23.2 Å². The van der Waals surface area contributed by atoms with Gasteiger partial charge in [-0.25, -0.2) is 19.9 Å². The molecule has 2 saturated heterocycles. The van der Waals surface area contributed by atoms with E-state index in [0.29, 0.717) is 17.9 Å². The predicted octanol–water partition coefficient (Wildman–Crippen LogP) is 4.38. The summed E-state index contributed by atoms with van der Waals surface area (Å²) in [6.45, 7) is 3.69. The molecule has 4 heterocycles. The number of nitrogens with zero attached hydrogens (tertiary/aromatic N) is 6. The van der Waals surface area contributed by atoms with Crippen molar-refractivity contribution in [3.05, 3.63) is 41.9 Å². The summed E-state index contributed by atoms with van der Waals surface area (Å²) in [6, 6.07) is 11.1. The van der Waals surface area contributed by atoms with E-state index in [9.17, 15) is 0 Å². The van der Waals surface area contributed by atoms with Gasteiger partial charge >= 0.3 is 0 Å². The molecule has 0 radical (unpaired) electrons. The molecule has 35 heavy (non-hydrogen) atoms. The number of ether oxygens (including phenoxy) is 1. The Hall–Kier alpha value is -3.26. The van der Waals surface area contributed by atoms with Crippen molar-refractivity contribution < 1.29 is 4.74 Å². The maximum Gasteiger partial charge on any atom is 0.156 e. The lowest BCUT2D eigenvalue weighted by Gasteiger charge is -2.24. The third-order valence-electron chi connectivity index (χ3n) is 7.13. The van der Waals surface area contributed by atoms with E-state index in [2.05, 4.69) is 28.2 Å². The van der Waals surface area contributed by atoms with Crippen molar-refractivity contribution in [3.8, 4) is 0 Å². The highest BCUT2D eigenvalue weighted by molar-refractivity contribution is 5.81. The Bertz CT molecular complexity index is 1210. The van der Waals surface area contributed by atoms with E-state index in [1.54, 1.807) is 0 Å². The van der Waals surface area contributed by atoms with Gasteiger partial charge < -0.3 is 19.9 Å². The molecule has 0 atom stereocenters. The summed E-state index contributed by atoms with van der Waals surface area (Å²) >= 11 is 0. The van der Waals surface area contributed by atoms with Gasteiger partial charge in [0.25, 0.3) is 0 Å². The lowest BCUT2D eigenvalue weighted by atomic mass is 10.1. The second-order valence-corrected chi connectivity index (χ2v) is 9.79. The Morgan fingerprint density at radius 2 is 1.69 bits per heavy atom. The minimum absolute atomic E-state index is 0.382. The molecule has 3 aromatic rings. The summed E-state index contributed by atoms with van der Waals surface area (Å²) in [6.07, 6.45) is 10.8. The zero-order valence-electron chi connectivity index (χ0n) is 20.4. The third-order valence-corrected chi connectivity index (χ3v) is 7.13. The SMILES string of the molecule is CN(c1nc2ccccc2nc1C=Cc1nc(NC2CCOCC2)cc(N2CCCC2)n1)C1CC1. The monoisotopic (exact) mass is 471 g/mol. The molecule has 0 amide bonds. The molecule has 1 N–H and O–H groups in total. The van der Waals surface area contributed by atoms with Crippen LogP contribution in [0.2, 0.25) is 0 Å². The molecular formula is C27H33N7O. The number of hydrogen-bond donors (Lipinski definition) is 1. The van der Waals surface area contributed by atoms with E-state index >= 15 is 0 Å². The van der Waals surface area contributed by atoms with Crippen LogP contribution in [-0.2, 0) is 4.74 Å². The predicted molar refractivity (Wildman–Crippen MR) is 141 cm³/mol. The van der Waals surface area contributed by atoms with Crippen LogP contribution in [0.5, 0.6) is 0 Å². The van der Waals surface area contributed by atoms with Gasteiger partial charge in [-0.3, -0.25) is 0 Å². The van der Waals surface area contributed by atoms with Crippen LogP contribution in [0.3, 0.4) is 0 Å². The lowest BCUT2D eigenvalue weighted by Crippen LogP contribution is -2.28. The van der Waals surface area contributed by atoms with Gasteiger partial charge in [0.15, 0.2) is 11.6 Å². The minimum atomic E-state index is 0.382. The zero-order valence-corrected chi connectivity index (χ0v) is 20.4. The minimum Gasteiger partial charge on any atom is -0.381 e. The first-order chi connectivity index (χ1) is 17.2. The fourth-order valence-electron chi connectivity index (χ4n) is 4.92. The molecule has 0 bridgehead atoms. The first-order valence-corrected chi connectivity index (χ1v) is 12.9. The molecule has 2 aromatic heterocycles. The van der Waals surface area contributed by atoms with Crippen molar-refractivity contribution >= 4 is 40.6 Å². The van der Waals surface area contributed by atoms with Crippen molar-refractivity contribution in [1.82, 2.24) is 19.9 Å². The molecular weight excluding hydrogens is 438 g/mol. The van der Waals surface area contributed by atoms with E-state index in [0.717, 1.165) is 73.3 Å². The Morgan fingerprint density at radius 3 is 2.43 bits per heavy atom. The van der Waals surface area contributed by atoms with Crippen LogP contribution in [-0.4, -0.2) is 65.4 Å². The molecule has 0 unspecified atom stereocenters. The summed E-state index contributed by atoms with van der Waals surface area (Å²) in [7, 11) is 2.12. The van der Waals surface area contributed by atoms with Crippen LogP contribution in [0, 0.1) is 0 Å². The first-order valence-electron chi connectivity index (χ1n) is 12.9. The average Bonchev–Trinajstić information content (AvgIpc) is 3.60. The summed E-state index contributed by atoms with van der Waals surface area (Å²) in [4.78, 5) is 24.3. The molecule has 1 aliphatic carbocycles. The zero-order chi connectivity index (χ0) is 23.6. The van der Waals surface area contributed by atoms with Crippen LogP contribution >= 0.6 is 0 Å². The first kappa shape index (κ1) is 22.2. The second-order valence-electron chi connectivity index (χ2n) is 9.79. The van der Waals surface area contributed by atoms with Gasteiger partial charge in [0.1, 0.15) is 17.3 Å². The maximum atomic E-state index is 5.53. The number of rotatable bonds is 7. The van der Waals surface area contributed by atoms with Gasteiger partial charge in [-0.1, -0.05) is 12.1 Å². The highest BCUT2D eigenvalue weighted by Gasteiger charge is 2.29. The maximum absolute atomic E-state index is 5.53. The van der Waals surface area contributed by atoms with Crippen molar-refractivity contribution in [2.45, 2.75) is 50.6 Å². The Kier molecular flexibility index (Phi) is 6.21. The number of para-hydroxylation sites is 2. The Morgan fingerprint density at radius 1 is 0.943 bits per heavy atom. The molecule has 1 saturated carbocycles. The van der Waals surface area contributed by atoms with Gasteiger partial charge in [-0.05, 0) is 62.8 Å². The molecule has 2 aliphatic heterocycles. The van der Waals surface area contributed by atoms with Crippen LogP contribution in [0.1, 0.15) is 50.0 Å². The molecule has 1 aromatic carbocycles. The molecule has 8 heteroatoms. The molecule has 0 spiro atoms. The number of fused-ring (bicyclic) bond motifs is 1. The summed E-state index contributed by atoms with van der Waals surface area (Å²) in [5.74, 6) is 3.48. The van der Waals surface area contributed by atoms with Crippen LogP contribution < -0.4 is 15.1 Å². The largest absolute Gasteiger partial charge is 0.381 e. The molecule has 3 aliphatic rings. The molecule has 8 nitrogen and oxygen atoms in total. The number of anilines is 3. The van der Waals surface area contributed by atoms with Gasteiger partial charge in [0, 0.05) is 51.5 Å². The van der Waals surface area contributed by atoms with Crippen LogP contribution in [0.4, 0.5) is 17.5 Å². The van der Waals surface area contributed by atoms with Crippen molar-refractivity contribution in [2.75, 3.05) is 48.5 Å². The second kappa shape index (κ2) is 9.77. The number of benzene rings is 1. The fourth-order valence-corrected chi connectivity index (χ4v) is 4.92. The van der Waals surface area contributed by atoms with E-state index in [-0.39, 0.29) is 0 Å². The fraction of sp³-hybridized carbons (Fsp3) is 0.481. The third kappa shape index (κ3) is 5.07. The number of hydrogen-bond acceptors (Lipinski definition) is 8. The van der Waals surface area contributed by atoms with Gasteiger partial charge in [-0.2, -0.15) is 0 Å². The topological polar surface area (TPSA) is 79.3 Å². The van der Waals surface area contributed by atoms with Crippen molar-refractivity contribution in [1.29, 1.82) is 0 Å². The molecule has 3 fully saturated rings. The van der Waals surface area contributed by atoms with Crippen molar-refractivity contribution in [2.24, 2.45) is 0 Å². The number of nitrogens with one attached hydrogen (secondary N) is 1. The molecule has 6 rings (SSSR count). The normalized spacial score (nSPS) is 19.1. The van der Waals surface area contributed by atoms with E-state index < -0.39 is 0 Å². The van der Waals surface area contributed by atoms with E-state index in [4.69, 9.17) is 24.7 Å². The van der Waals surface area contributed by atoms with Gasteiger partial charge in [-0.15, -0.1) is 0 Å². The Labute approximate surface area is 206 Å². The summed E-state index contributed by atoms with van der Waals surface area (Å²) < 4.78 is 5.53.